The molecule has 0 unspecified atom stereocenters. The SMILES string of the molecule is COc1cccc(/C=C/c2cccc[n+]2CC(=O)O)c1. The van der Waals surface area contributed by atoms with Gasteiger partial charge in [-0.3, -0.25) is 0 Å². The number of aromatic nitrogens is 1. The lowest BCUT2D eigenvalue weighted by Gasteiger charge is -2.00. The zero-order valence-electron chi connectivity index (χ0n) is 11.2. The van der Waals surface area contributed by atoms with Crippen LogP contribution in [0.1, 0.15) is 11.3 Å². The minimum Gasteiger partial charge on any atom is -0.497 e. The molecular formula is C16H16NO3+. The molecule has 1 aromatic carbocycles. The van der Waals surface area contributed by atoms with Crippen LogP contribution in [0.15, 0.2) is 48.7 Å². The maximum atomic E-state index is 10.8. The van der Waals surface area contributed by atoms with E-state index in [0.717, 1.165) is 17.0 Å². The van der Waals surface area contributed by atoms with Gasteiger partial charge in [-0.25, -0.2) is 4.79 Å². The van der Waals surface area contributed by atoms with Crippen molar-refractivity contribution in [2.75, 3.05) is 7.11 Å². The largest absolute Gasteiger partial charge is 0.497 e. The number of nitrogens with zero attached hydrogens (tertiary/aromatic N) is 1. The lowest BCUT2D eigenvalue weighted by molar-refractivity contribution is -0.687. The average molecular weight is 270 g/mol. The molecule has 0 atom stereocenters. The van der Waals surface area contributed by atoms with Crippen molar-refractivity contribution in [3.63, 3.8) is 0 Å². The van der Waals surface area contributed by atoms with Gasteiger partial charge in [0.05, 0.1) is 7.11 Å². The van der Waals surface area contributed by atoms with E-state index in [-0.39, 0.29) is 6.54 Å². The van der Waals surface area contributed by atoms with Crippen LogP contribution in [-0.4, -0.2) is 18.2 Å². The zero-order chi connectivity index (χ0) is 14.4. The number of benzene rings is 1. The first-order valence-corrected chi connectivity index (χ1v) is 6.21. The molecule has 1 aromatic heterocycles. The van der Waals surface area contributed by atoms with E-state index in [9.17, 15) is 4.79 Å². The van der Waals surface area contributed by atoms with Gasteiger partial charge < -0.3 is 9.84 Å². The van der Waals surface area contributed by atoms with Gasteiger partial charge in [-0.2, -0.15) is 4.57 Å². The highest BCUT2D eigenvalue weighted by Gasteiger charge is 2.10. The Labute approximate surface area is 117 Å². The lowest BCUT2D eigenvalue weighted by atomic mass is 10.2. The van der Waals surface area contributed by atoms with Crippen LogP contribution in [0, 0.1) is 0 Å². The van der Waals surface area contributed by atoms with Crippen molar-refractivity contribution in [2.24, 2.45) is 0 Å². The summed E-state index contributed by atoms with van der Waals surface area (Å²) in [4.78, 5) is 10.8. The maximum Gasteiger partial charge on any atom is 0.370 e. The average Bonchev–Trinajstić information content (AvgIpc) is 2.46. The van der Waals surface area contributed by atoms with Gasteiger partial charge in [0, 0.05) is 18.2 Å². The highest BCUT2D eigenvalue weighted by atomic mass is 16.5. The highest BCUT2D eigenvalue weighted by Crippen LogP contribution is 2.14. The van der Waals surface area contributed by atoms with Gasteiger partial charge in [-0.1, -0.05) is 12.1 Å². The minimum absolute atomic E-state index is 0.0569. The van der Waals surface area contributed by atoms with Crippen LogP contribution in [0.2, 0.25) is 0 Å². The van der Waals surface area contributed by atoms with Gasteiger partial charge in [-0.05, 0) is 29.8 Å². The summed E-state index contributed by atoms with van der Waals surface area (Å²) < 4.78 is 6.85. The molecule has 1 heterocycles. The first-order chi connectivity index (χ1) is 9.69. The number of carbonyl (C=O) groups is 1. The molecule has 0 aliphatic rings. The van der Waals surface area contributed by atoms with Crippen LogP contribution >= 0.6 is 0 Å². The van der Waals surface area contributed by atoms with Crippen LogP contribution in [-0.2, 0) is 11.3 Å². The van der Waals surface area contributed by atoms with Crippen LogP contribution in [0.5, 0.6) is 5.75 Å². The molecule has 4 heteroatoms. The number of methoxy groups -OCH3 is 1. The predicted molar refractivity (Wildman–Crippen MR) is 76.2 cm³/mol. The van der Waals surface area contributed by atoms with Crippen molar-refractivity contribution in [1.29, 1.82) is 0 Å². The number of pyridine rings is 1. The fourth-order valence-corrected chi connectivity index (χ4v) is 1.86. The van der Waals surface area contributed by atoms with E-state index >= 15 is 0 Å². The number of hydrogen-bond acceptors (Lipinski definition) is 2. The van der Waals surface area contributed by atoms with Crippen molar-refractivity contribution in [3.05, 3.63) is 59.9 Å². The Morgan fingerprint density at radius 2 is 2.10 bits per heavy atom. The molecule has 102 valence electrons. The van der Waals surface area contributed by atoms with E-state index in [1.807, 2.05) is 54.6 Å². The highest BCUT2D eigenvalue weighted by molar-refractivity contribution is 5.68. The van der Waals surface area contributed by atoms with E-state index in [1.165, 1.54) is 0 Å². The third-order valence-corrected chi connectivity index (χ3v) is 2.82. The number of rotatable bonds is 5. The molecule has 1 N–H and O–H groups in total. The van der Waals surface area contributed by atoms with Gasteiger partial charge in [0.2, 0.25) is 12.2 Å². The van der Waals surface area contributed by atoms with Crippen molar-refractivity contribution in [2.45, 2.75) is 6.54 Å². The standard InChI is InChI=1S/C16H15NO3/c1-20-15-7-4-5-13(11-15)8-9-14-6-2-3-10-17(14)12-16(18)19/h2-11H,12H2,1H3/p+1/b9-8+. The van der Waals surface area contributed by atoms with Crippen molar-refractivity contribution in [3.8, 4) is 5.75 Å². The third-order valence-electron chi connectivity index (χ3n) is 2.82. The number of carboxylic acids is 1. The van der Waals surface area contributed by atoms with Gasteiger partial charge in [0.1, 0.15) is 5.75 Å². The Morgan fingerprint density at radius 1 is 1.25 bits per heavy atom. The molecule has 4 nitrogen and oxygen atoms in total. The summed E-state index contributed by atoms with van der Waals surface area (Å²) >= 11 is 0. The second-order valence-electron chi connectivity index (χ2n) is 4.26. The van der Waals surface area contributed by atoms with E-state index in [2.05, 4.69) is 0 Å². The lowest BCUT2D eigenvalue weighted by Crippen LogP contribution is -2.40. The second-order valence-corrected chi connectivity index (χ2v) is 4.26. The summed E-state index contributed by atoms with van der Waals surface area (Å²) in [6, 6.07) is 13.2. The smallest absolute Gasteiger partial charge is 0.370 e. The molecule has 20 heavy (non-hydrogen) atoms. The summed E-state index contributed by atoms with van der Waals surface area (Å²) in [5.74, 6) is -0.0733. The monoisotopic (exact) mass is 270 g/mol. The van der Waals surface area contributed by atoms with Crippen LogP contribution in [0.4, 0.5) is 0 Å². The van der Waals surface area contributed by atoms with Gasteiger partial charge in [0.25, 0.3) is 0 Å². The van der Waals surface area contributed by atoms with Gasteiger partial charge >= 0.3 is 5.97 Å². The Bertz CT molecular complexity index is 635. The van der Waals surface area contributed by atoms with E-state index in [4.69, 9.17) is 9.84 Å². The van der Waals surface area contributed by atoms with Crippen molar-refractivity contribution < 1.29 is 19.2 Å². The number of carboxylic acid groups (broad SMARTS) is 1. The molecule has 0 spiro atoms. The third kappa shape index (κ3) is 3.68. The van der Waals surface area contributed by atoms with Crippen LogP contribution < -0.4 is 9.30 Å². The summed E-state index contributed by atoms with van der Waals surface area (Å²) in [5.41, 5.74) is 1.83. The molecule has 0 amide bonds. The van der Waals surface area contributed by atoms with Crippen LogP contribution in [0.25, 0.3) is 12.2 Å². The summed E-state index contributed by atoms with van der Waals surface area (Å²) in [7, 11) is 1.63. The van der Waals surface area contributed by atoms with Crippen molar-refractivity contribution >= 4 is 18.1 Å². The quantitative estimate of drug-likeness (QED) is 0.848. The van der Waals surface area contributed by atoms with Crippen molar-refractivity contribution in [1.82, 2.24) is 0 Å². The van der Waals surface area contributed by atoms with E-state index in [0.29, 0.717) is 0 Å². The fraction of sp³-hybridized carbons (Fsp3) is 0.125. The fourth-order valence-electron chi connectivity index (χ4n) is 1.86. The van der Waals surface area contributed by atoms with Gasteiger partial charge in [0.15, 0.2) is 6.20 Å². The Morgan fingerprint density at radius 3 is 2.85 bits per heavy atom. The zero-order valence-corrected chi connectivity index (χ0v) is 11.2. The normalized spacial score (nSPS) is 10.7. The molecule has 0 radical (unpaired) electrons. The Hall–Kier alpha value is -2.62. The maximum absolute atomic E-state index is 10.8. The molecular weight excluding hydrogens is 254 g/mol. The minimum atomic E-state index is -0.864. The number of aliphatic carboxylic acids is 1. The topological polar surface area (TPSA) is 50.4 Å². The Balaban J connectivity index is 2.24. The second kappa shape index (κ2) is 6.52. The summed E-state index contributed by atoms with van der Waals surface area (Å²) in [5, 5.41) is 8.88. The van der Waals surface area contributed by atoms with Crippen LogP contribution in [0.3, 0.4) is 0 Å². The first-order valence-electron chi connectivity index (χ1n) is 6.21. The molecule has 0 aliphatic heterocycles. The molecule has 2 aromatic rings. The molecule has 2 rings (SSSR count). The molecule has 0 aliphatic carbocycles. The van der Waals surface area contributed by atoms with E-state index < -0.39 is 5.97 Å². The predicted octanol–water partition coefficient (Wildman–Crippen LogP) is 2.24. The number of ether oxygens (including phenoxy) is 1. The van der Waals surface area contributed by atoms with E-state index in [1.54, 1.807) is 17.9 Å². The Kier molecular flexibility index (Phi) is 4.50. The molecule has 0 bridgehead atoms. The first kappa shape index (κ1) is 13.8. The molecule has 0 saturated carbocycles. The molecule has 0 saturated heterocycles. The summed E-state index contributed by atoms with van der Waals surface area (Å²) in [6.45, 7) is -0.0569. The summed E-state index contributed by atoms with van der Waals surface area (Å²) in [6.07, 6.45) is 5.56. The van der Waals surface area contributed by atoms with Gasteiger partial charge in [-0.15, -0.1) is 0 Å². The number of hydrogen-bond donors (Lipinski definition) is 1. The molecule has 0 fully saturated rings.